The van der Waals surface area contributed by atoms with Gasteiger partial charge in [0, 0.05) is 5.69 Å². The first-order valence-electron chi connectivity index (χ1n) is 6.17. The number of rotatable bonds is 2. The van der Waals surface area contributed by atoms with Crippen LogP contribution in [0.2, 0.25) is 5.15 Å². The Balaban J connectivity index is 2.20. The minimum absolute atomic E-state index is 0.136. The Bertz CT molecular complexity index is 805. The van der Waals surface area contributed by atoms with Crippen LogP contribution in [0.25, 0.3) is 16.9 Å². The molecule has 2 heterocycles. The van der Waals surface area contributed by atoms with Gasteiger partial charge in [0.25, 0.3) is 5.56 Å². The Morgan fingerprint density at radius 3 is 2.55 bits per heavy atom. The molecule has 1 N–H and O–H groups in total. The number of nitrogens with one attached hydrogen (secondary N) is 1. The predicted octanol–water partition coefficient (Wildman–Crippen LogP) is 3.19. The quantitative estimate of drug-likeness (QED) is 0.735. The highest BCUT2D eigenvalue weighted by atomic mass is 35.5. The number of aromatic amines is 1. The number of H-pyrrole nitrogens is 1. The van der Waals surface area contributed by atoms with Crippen LogP contribution in [0.1, 0.15) is 5.69 Å². The van der Waals surface area contributed by atoms with Gasteiger partial charge in [-0.1, -0.05) is 48.0 Å². The van der Waals surface area contributed by atoms with E-state index in [-0.39, 0.29) is 5.56 Å². The van der Waals surface area contributed by atoms with Gasteiger partial charge < -0.3 is 0 Å². The normalized spacial score (nSPS) is 10.7. The van der Waals surface area contributed by atoms with Gasteiger partial charge in [-0.15, -0.1) is 0 Å². The zero-order valence-corrected chi connectivity index (χ0v) is 11.6. The lowest BCUT2D eigenvalue weighted by Crippen LogP contribution is -2.16. The molecule has 3 rings (SSSR count). The molecular weight excluding hydrogens is 274 g/mol. The summed E-state index contributed by atoms with van der Waals surface area (Å²) >= 11 is 5.87. The molecule has 0 saturated carbocycles. The molecule has 0 atom stereocenters. The molecule has 3 aromatic rings. The Labute approximate surface area is 120 Å². The van der Waals surface area contributed by atoms with Crippen LogP contribution in [-0.2, 0) is 0 Å². The number of halogens is 1. The van der Waals surface area contributed by atoms with Gasteiger partial charge in [0.1, 0.15) is 5.15 Å². The standard InChI is InChI=1S/C15H12ClN3O/c1-10-14(11-6-3-2-4-7-11)15(20)19(18-10)13-9-5-8-12(16)17-13/h2-9,18H,1H3. The molecule has 1 aromatic carbocycles. The van der Waals surface area contributed by atoms with Crippen molar-refractivity contribution >= 4 is 11.6 Å². The van der Waals surface area contributed by atoms with E-state index < -0.39 is 0 Å². The Morgan fingerprint density at radius 2 is 1.85 bits per heavy atom. The first-order valence-corrected chi connectivity index (χ1v) is 6.54. The smallest absolute Gasteiger partial charge is 0.280 e. The van der Waals surface area contributed by atoms with Crippen molar-refractivity contribution in [3.8, 4) is 16.9 Å². The van der Waals surface area contributed by atoms with Gasteiger partial charge in [-0.25, -0.2) is 9.67 Å². The number of hydrogen-bond acceptors (Lipinski definition) is 2. The molecule has 100 valence electrons. The maximum Gasteiger partial charge on any atom is 0.280 e. The molecule has 2 aromatic heterocycles. The van der Waals surface area contributed by atoms with E-state index in [0.717, 1.165) is 11.3 Å². The third kappa shape index (κ3) is 2.14. The predicted molar refractivity (Wildman–Crippen MR) is 79.4 cm³/mol. The van der Waals surface area contributed by atoms with Crippen molar-refractivity contribution in [1.29, 1.82) is 0 Å². The summed E-state index contributed by atoms with van der Waals surface area (Å²) < 4.78 is 1.41. The van der Waals surface area contributed by atoms with Crippen molar-refractivity contribution in [2.24, 2.45) is 0 Å². The fourth-order valence-corrected chi connectivity index (χ4v) is 2.33. The number of pyridine rings is 1. The van der Waals surface area contributed by atoms with Gasteiger partial charge in [0.2, 0.25) is 0 Å². The molecule has 0 aliphatic rings. The lowest BCUT2D eigenvalue weighted by atomic mass is 10.1. The maximum atomic E-state index is 12.6. The fraction of sp³-hybridized carbons (Fsp3) is 0.0667. The van der Waals surface area contributed by atoms with Gasteiger partial charge in [0.15, 0.2) is 5.82 Å². The molecule has 0 fully saturated rings. The minimum atomic E-state index is -0.136. The van der Waals surface area contributed by atoms with Crippen LogP contribution in [0.15, 0.2) is 53.3 Å². The third-order valence-corrected chi connectivity index (χ3v) is 3.27. The maximum absolute atomic E-state index is 12.6. The van der Waals surface area contributed by atoms with Gasteiger partial charge in [-0.05, 0) is 24.6 Å². The highest BCUT2D eigenvalue weighted by Gasteiger charge is 2.14. The van der Waals surface area contributed by atoms with Gasteiger partial charge in [-0.3, -0.25) is 9.89 Å². The lowest BCUT2D eigenvalue weighted by Gasteiger charge is -2.00. The molecule has 0 aliphatic carbocycles. The number of hydrogen-bond donors (Lipinski definition) is 1. The van der Waals surface area contributed by atoms with E-state index in [9.17, 15) is 4.79 Å². The van der Waals surface area contributed by atoms with Crippen LogP contribution in [0.3, 0.4) is 0 Å². The minimum Gasteiger partial charge on any atom is -0.293 e. The number of benzene rings is 1. The van der Waals surface area contributed by atoms with Crippen molar-refractivity contribution in [1.82, 2.24) is 14.8 Å². The first-order chi connectivity index (χ1) is 9.66. The van der Waals surface area contributed by atoms with Crippen LogP contribution >= 0.6 is 11.6 Å². The zero-order chi connectivity index (χ0) is 14.1. The van der Waals surface area contributed by atoms with Crippen LogP contribution in [0, 0.1) is 6.92 Å². The summed E-state index contributed by atoms with van der Waals surface area (Å²) in [5.41, 5.74) is 2.19. The number of aryl methyl sites for hydroxylation is 1. The van der Waals surface area contributed by atoms with Crippen molar-refractivity contribution in [3.05, 3.63) is 69.7 Å². The van der Waals surface area contributed by atoms with E-state index in [4.69, 9.17) is 11.6 Å². The molecule has 0 radical (unpaired) electrons. The van der Waals surface area contributed by atoms with Gasteiger partial charge in [-0.2, -0.15) is 0 Å². The summed E-state index contributed by atoms with van der Waals surface area (Å²) in [5.74, 6) is 0.479. The van der Waals surface area contributed by atoms with Crippen LogP contribution in [0.5, 0.6) is 0 Å². The summed E-state index contributed by atoms with van der Waals surface area (Å²) in [4.78, 5) is 16.7. The summed E-state index contributed by atoms with van der Waals surface area (Å²) in [6, 6.07) is 14.7. The fourth-order valence-electron chi connectivity index (χ4n) is 2.17. The van der Waals surface area contributed by atoms with Crippen LogP contribution < -0.4 is 5.56 Å². The van der Waals surface area contributed by atoms with Crippen molar-refractivity contribution in [3.63, 3.8) is 0 Å². The van der Waals surface area contributed by atoms with Gasteiger partial charge >= 0.3 is 0 Å². The van der Waals surface area contributed by atoms with E-state index in [2.05, 4.69) is 10.1 Å². The van der Waals surface area contributed by atoms with Crippen molar-refractivity contribution in [2.75, 3.05) is 0 Å². The lowest BCUT2D eigenvalue weighted by molar-refractivity contribution is 0.807. The molecular formula is C15H12ClN3O. The molecule has 4 nitrogen and oxygen atoms in total. The van der Waals surface area contributed by atoms with Crippen LogP contribution in [0.4, 0.5) is 0 Å². The highest BCUT2D eigenvalue weighted by molar-refractivity contribution is 6.29. The molecule has 0 bridgehead atoms. The molecule has 0 aliphatic heterocycles. The second-order valence-corrected chi connectivity index (χ2v) is 4.82. The number of nitrogens with zero attached hydrogens (tertiary/aromatic N) is 2. The molecule has 0 saturated heterocycles. The largest absolute Gasteiger partial charge is 0.293 e. The van der Waals surface area contributed by atoms with E-state index in [1.54, 1.807) is 18.2 Å². The summed E-state index contributed by atoms with van der Waals surface area (Å²) in [5, 5.41) is 3.39. The summed E-state index contributed by atoms with van der Waals surface area (Å²) in [7, 11) is 0. The van der Waals surface area contributed by atoms with Crippen molar-refractivity contribution < 1.29 is 0 Å². The Morgan fingerprint density at radius 1 is 1.10 bits per heavy atom. The topological polar surface area (TPSA) is 50.7 Å². The average molecular weight is 286 g/mol. The highest BCUT2D eigenvalue weighted by Crippen LogP contribution is 2.19. The average Bonchev–Trinajstić information content (AvgIpc) is 2.75. The van der Waals surface area contributed by atoms with E-state index in [1.807, 2.05) is 37.3 Å². The summed E-state index contributed by atoms with van der Waals surface area (Å²) in [6.07, 6.45) is 0. The van der Waals surface area contributed by atoms with Crippen LogP contribution in [-0.4, -0.2) is 14.8 Å². The second-order valence-electron chi connectivity index (χ2n) is 4.44. The van der Waals surface area contributed by atoms with Crippen molar-refractivity contribution in [2.45, 2.75) is 6.92 Å². The Hall–Kier alpha value is -2.33. The molecule has 20 heavy (non-hydrogen) atoms. The first kappa shape index (κ1) is 12.7. The monoisotopic (exact) mass is 285 g/mol. The van der Waals surface area contributed by atoms with E-state index in [1.165, 1.54) is 4.68 Å². The number of aromatic nitrogens is 3. The van der Waals surface area contributed by atoms with E-state index >= 15 is 0 Å². The SMILES string of the molecule is Cc1[nH]n(-c2cccc(Cl)n2)c(=O)c1-c1ccccc1. The third-order valence-electron chi connectivity index (χ3n) is 3.06. The zero-order valence-electron chi connectivity index (χ0n) is 10.8. The molecule has 0 unspecified atom stereocenters. The molecule has 0 amide bonds. The Kier molecular flexibility index (Phi) is 3.16. The van der Waals surface area contributed by atoms with Gasteiger partial charge in [0.05, 0.1) is 5.56 Å². The molecule has 0 spiro atoms. The second kappa shape index (κ2) is 4.98. The molecule has 5 heteroatoms. The summed E-state index contributed by atoms with van der Waals surface area (Å²) in [6.45, 7) is 1.87. The van der Waals surface area contributed by atoms with E-state index in [0.29, 0.717) is 16.5 Å².